The lowest BCUT2D eigenvalue weighted by Gasteiger charge is -2.23. The number of aromatic hydroxyl groups is 1. The van der Waals surface area contributed by atoms with E-state index in [9.17, 15) is 14.3 Å². The highest BCUT2D eigenvalue weighted by atomic mass is 35.5. The molecule has 2 rings (SSSR count). The fourth-order valence-corrected chi connectivity index (χ4v) is 2.31. The quantitative estimate of drug-likeness (QED) is 0.437. The van der Waals surface area contributed by atoms with Crippen molar-refractivity contribution < 1.29 is 19.0 Å². The number of rotatable bonds is 4. The minimum Gasteiger partial charge on any atom is -0.508 e. The third kappa shape index (κ3) is 4.11. The molecule has 0 radical (unpaired) electrons. The van der Waals surface area contributed by atoms with Crippen molar-refractivity contribution in [3.05, 3.63) is 52.3 Å². The average molecular weight is 369 g/mol. The van der Waals surface area contributed by atoms with E-state index in [1.807, 2.05) is 0 Å². The summed E-state index contributed by atoms with van der Waals surface area (Å²) < 4.78 is 19.8. The van der Waals surface area contributed by atoms with E-state index in [-0.39, 0.29) is 34.4 Å². The van der Waals surface area contributed by atoms with E-state index in [4.69, 9.17) is 28.0 Å². The van der Waals surface area contributed by atoms with Crippen LogP contribution in [0.2, 0.25) is 5.02 Å². The minimum absolute atomic E-state index is 0.0219. The number of carbonyl (C=O) groups is 1. The summed E-state index contributed by atoms with van der Waals surface area (Å²) in [7, 11) is 1.32. The highest BCUT2D eigenvalue weighted by molar-refractivity contribution is 6.32. The molecular weight excluding hydrogens is 351 g/mol. The zero-order valence-electron chi connectivity index (χ0n) is 13.7. The molecule has 134 valence electrons. The van der Waals surface area contributed by atoms with Crippen LogP contribution in [0.1, 0.15) is 11.1 Å². The number of phenolic OH excluding ortho intramolecular Hbond substituents is 1. The first-order chi connectivity index (χ1) is 11.7. The number of carbonyl (C=O) groups excluding carboxylic acids is 1. The SMILES string of the molecule is Cc1cc(OCc2c(F)cccc2N(N)C(=O)N(C)N)c(Cl)cc1O. The van der Waals surface area contributed by atoms with Crippen LogP contribution in [0.5, 0.6) is 11.5 Å². The van der Waals surface area contributed by atoms with E-state index >= 15 is 0 Å². The van der Waals surface area contributed by atoms with Gasteiger partial charge in [0.05, 0.1) is 16.3 Å². The van der Waals surface area contributed by atoms with E-state index in [0.29, 0.717) is 5.56 Å². The predicted octanol–water partition coefficient (Wildman–Crippen LogP) is 2.68. The Morgan fingerprint density at radius 3 is 2.68 bits per heavy atom. The molecule has 25 heavy (non-hydrogen) atoms. The van der Waals surface area contributed by atoms with Crippen molar-refractivity contribution >= 4 is 23.3 Å². The molecule has 0 aliphatic heterocycles. The number of hydrogen-bond acceptors (Lipinski definition) is 5. The van der Waals surface area contributed by atoms with E-state index in [2.05, 4.69) is 0 Å². The molecule has 0 spiro atoms. The molecule has 0 bridgehead atoms. The van der Waals surface area contributed by atoms with Gasteiger partial charge in [0, 0.05) is 13.1 Å². The van der Waals surface area contributed by atoms with Gasteiger partial charge in [-0.2, -0.15) is 0 Å². The Hall–Kier alpha value is -2.55. The number of urea groups is 1. The van der Waals surface area contributed by atoms with Gasteiger partial charge in [0.15, 0.2) is 0 Å². The van der Waals surface area contributed by atoms with Gasteiger partial charge < -0.3 is 9.84 Å². The second kappa shape index (κ2) is 7.56. The van der Waals surface area contributed by atoms with Crippen LogP contribution in [0, 0.1) is 12.7 Å². The van der Waals surface area contributed by atoms with Crippen LogP contribution in [0.4, 0.5) is 14.9 Å². The first kappa shape index (κ1) is 18.8. The van der Waals surface area contributed by atoms with Crippen LogP contribution < -0.4 is 21.4 Å². The number of nitrogens with two attached hydrogens (primary N) is 2. The fourth-order valence-electron chi connectivity index (χ4n) is 2.09. The Morgan fingerprint density at radius 2 is 2.04 bits per heavy atom. The van der Waals surface area contributed by atoms with Crippen LogP contribution in [-0.4, -0.2) is 23.2 Å². The number of hydrazine groups is 2. The van der Waals surface area contributed by atoms with Crippen LogP contribution >= 0.6 is 11.6 Å². The molecule has 0 fully saturated rings. The van der Waals surface area contributed by atoms with Gasteiger partial charge in [-0.05, 0) is 30.7 Å². The molecule has 2 aromatic carbocycles. The van der Waals surface area contributed by atoms with Crippen molar-refractivity contribution in [2.75, 3.05) is 12.1 Å². The van der Waals surface area contributed by atoms with Crippen molar-refractivity contribution in [1.82, 2.24) is 5.01 Å². The maximum atomic E-state index is 14.2. The highest BCUT2D eigenvalue weighted by Gasteiger charge is 2.20. The lowest BCUT2D eigenvalue weighted by molar-refractivity contribution is 0.216. The zero-order valence-corrected chi connectivity index (χ0v) is 14.4. The monoisotopic (exact) mass is 368 g/mol. The molecule has 0 aromatic heterocycles. The Balaban J connectivity index is 2.31. The summed E-state index contributed by atoms with van der Waals surface area (Å²) in [5, 5.41) is 11.3. The summed E-state index contributed by atoms with van der Waals surface area (Å²) in [5.74, 6) is 10.8. The molecule has 0 saturated carbocycles. The van der Waals surface area contributed by atoms with Crippen molar-refractivity contribution in [3.63, 3.8) is 0 Å². The number of benzene rings is 2. The summed E-state index contributed by atoms with van der Waals surface area (Å²) in [6, 6.07) is 6.22. The van der Waals surface area contributed by atoms with E-state index in [0.717, 1.165) is 10.0 Å². The van der Waals surface area contributed by atoms with Crippen LogP contribution in [0.3, 0.4) is 0 Å². The number of anilines is 1. The van der Waals surface area contributed by atoms with Crippen LogP contribution in [0.15, 0.2) is 30.3 Å². The number of amides is 2. The molecule has 7 nitrogen and oxygen atoms in total. The number of halogens is 2. The molecule has 0 unspecified atom stereocenters. The van der Waals surface area contributed by atoms with Crippen molar-refractivity contribution in [1.29, 1.82) is 0 Å². The number of ether oxygens (including phenoxy) is 1. The Bertz CT molecular complexity index is 801. The van der Waals surface area contributed by atoms with Gasteiger partial charge in [0.2, 0.25) is 0 Å². The van der Waals surface area contributed by atoms with Gasteiger partial charge in [-0.3, -0.25) is 5.01 Å². The van der Waals surface area contributed by atoms with Gasteiger partial charge >= 0.3 is 6.03 Å². The van der Waals surface area contributed by atoms with Gasteiger partial charge in [0.1, 0.15) is 23.9 Å². The number of nitrogens with zero attached hydrogens (tertiary/aromatic N) is 2. The van der Waals surface area contributed by atoms with E-state index < -0.39 is 11.8 Å². The predicted molar refractivity (Wildman–Crippen MR) is 92.6 cm³/mol. The van der Waals surface area contributed by atoms with Crippen molar-refractivity contribution in [3.8, 4) is 11.5 Å². The van der Waals surface area contributed by atoms with Crippen molar-refractivity contribution in [2.45, 2.75) is 13.5 Å². The van der Waals surface area contributed by atoms with Crippen molar-refractivity contribution in [2.24, 2.45) is 11.7 Å². The molecule has 0 saturated heterocycles. The molecule has 5 N–H and O–H groups in total. The summed E-state index contributed by atoms with van der Waals surface area (Å²) in [6.45, 7) is 1.44. The molecule has 0 heterocycles. The topological polar surface area (TPSA) is 105 Å². The minimum atomic E-state index is -0.731. The standard InChI is InChI=1S/C16H18ClFN4O3/c1-9-6-15(11(17)7-14(9)23)25-8-10-12(18)4-3-5-13(10)22(20)16(24)21(2)19/h3-7,23H,8,19-20H2,1-2H3. The van der Waals surface area contributed by atoms with Crippen LogP contribution in [-0.2, 0) is 6.61 Å². The molecule has 2 aromatic rings. The van der Waals surface area contributed by atoms with Crippen LogP contribution in [0.25, 0.3) is 0 Å². The molecule has 0 aliphatic carbocycles. The first-order valence-electron chi connectivity index (χ1n) is 7.19. The maximum absolute atomic E-state index is 14.2. The third-order valence-corrected chi connectivity index (χ3v) is 3.78. The maximum Gasteiger partial charge on any atom is 0.352 e. The molecule has 0 atom stereocenters. The lowest BCUT2D eigenvalue weighted by atomic mass is 10.1. The van der Waals surface area contributed by atoms with E-state index in [1.54, 1.807) is 6.92 Å². The number of aryl methyl sites for hydroxylation is 1. The zero-order chi connectivity index (χ0) is 18.7. The van der Waals surface area contributed by atoms with Gasteiger partial charge in [0.25, 0.3) is 0 Å². The largest absolute Gasteiger partial charge is 0.508 e. The average Bonchev–Trinajstić information content (AvgIpc) is 2.56. The molecule has 0 aliphatic rings. The summed E-state index contributed by atoms with van der Waals surface area (Å²) in [6.07, 6.45) is 0. The lowest BCUT2D eigenvalue weighted by Crippen LogP contribution is -2.49. The summed E-state index contributed by atoms with van der Waals surface area (Å²) in [5.41, 5.74) is 0.712. The second-order valence-electron chi connectivity index (χ2n) is 5.36. The third-order valence-electron chi connectivity index (χ3n) is 3.48. The van der Waals surface area contributed by atoms with E-state index in [1.165, 1.54) is 37.4 Å². The molecular formula is C16H18ClFN4O3. The smallest absolute Gasteiger partial charge is 0.352 e. The Morgan fingerprint density at radius 1 is 1.36 bits per heavy atom. The Labute approximate surface area is 149 Å². The van der Waals surface area contributed by atoms with Gasteiger partial charge in [-0.25, -0.2) is 25.9 Å². The second-order valence-corrected chi connectivity index (χ2v) is 5.77. The first-order valence-corrected chi connectivity index (χ1v) is 7.56. The number of phenols is 1. The summed E-state index contributed by atoms with van der Waals surface area (Å²) >= 11 is 6.01. The fraction of sp³-hybridized carbons (Fsp3) is 0.188. The number of hydrogen-bond donors (Lipinski definition) is 3. The van der Waals surface area contributed by atoms with Gasteiger partial charge in [-0.1, -0.05) is 17.7 Å². The summed E-state index contributed by atoms with van der Waals surface area (Å²) in [4.78, 5) is 11.9. The Kier molecular flexibility index (Phi) is 5.68. The highest BCUT2D eigenvalue weighted by Crippen LogP contribution is 2.33. The molecule has 2 amide bonds. The van der Waals surface area contributed by atoms with Gasteiger partial charge in [-0.15, -0.1) is 0 Å². The molecule has 9 heteroatoms. The normalized spacial score (nSPS) is 10.5.